The molecule has 9 heteroatoms. The number of carbonyl (C=O) groups is 4. The van der Waals surface area contributed by atoms with E-state index in [1.165, 1.54) is 12.2 Å². The van der Waals surface area contributed by atoms with Crippen LogP contribution in [0.2, 0.25) is 0 Å². The number of urea groups is 1. The van der Waals surface area contributed by atoms with Crippen LogP contribution in [0.3, 0.4) is 0 Å². The van der Waals surface area contributed by atoms with E-state index in [0.717, 1.165) is 29.9 Å². The lowest BCUT2D eigenvalue weighted by atomic mass is 10.0. The molecule has 2 saturated heterocycles. The Balaban J connectivity index is 1.25. The maximum atomic E-state index is 11.8. The third-order valence-electron chi connectivity index (χ3n) is 4.64. The van der Waals surface area contributed by atoms with Crippen LogP contribution in [0.1, 0.15) is 25.7 Å². The zero-order valence-corrected chi connectivity index (χ0v) is 14.6. The van der Waals surface area contributed by atoms with Crippen LogP contribution in [-0.2, 0) is 14.4 Å². The van der Waals surface area contributed by atoms with Gasteiger partial charge in [-0.3, -0.25) is 19.3 Å². The summed E-state index contributed by atoms with van der Waals surface area (Å²) in [4.78, 5) is 47.0. The molecule has 8 nitrogen and oxygen atoms in total. The minimum absolute atomic E-state index is 0.0696. The Labute approximate surface area is 150 Å². The number of hydrogen-bond donors (Lipinski definition) is 3. The number of carbonyl (C=O) groups excluding carboxylic acids is 4. The Morgan fingerprint density at radius 2 is 1.96 bits per heavy atom. The lowest BCUT2D eigenvalue weighted by Gasteiger charge is -2.16. The van der Waals surface area contributed by atoms with E-state index in [9.17, 15) is 19.2 Å². The normalized spacial score (nSPS) is 27.4. The van der Waals surface area contributed by atoms with E-state index in [0.29, 0.717) is 11.7 Å². The van der Waals surface area contributed by atoms with Crippen LogP contribution in [0.15, 0.2) is 12.2 Å². The molecule has 0 radical (unpaired) electrons. The average molecular weight is 366 g/mol. The predicted octanol–water partition coefficient (Wildman–Crippen LogP) is -0.247. The van der Waals surface area contributed by atoms with Gasteiger partial charge in [-0.25, -0.2) is 4.79 Å². The monoisotopic (exact) mass is 366 g/mol. The van der Waals surface area contributed by atoms with Gasteiger partial charge in [-0.05, 0) is 12.8 Å². The summed E-state index contributed by atoms with van der Waals surface area (Å²) >= 11 is 1.87. The number of unbranched alkanes of at least 4 members (excludes halogenated alkanes) is 1. The fourth-order valence-electron chi connectivity index (χ4n) is 3.32. The van der Waals surface area contributed by atoms with Crippen molar-refractivity contribution in [3.05, 3.63) is 12.2 Å². The Bertz CT molecular complexity index is 591. The number of nitrogens with zero attached hydrogens (tertiary/aromatic N) is 1. The van der Waals surface area contributed by atoms with E-state index in [2.05, 4.69) is 16.0 Å². The van der Waals surface area contributed by atoms with Gasteiger partial charge < -0.3 is 16.0 Å². The Kier molecular flexibility index (Phi) is 5.62. The third-order valence-corrected chi connectivity index (χ3v) is 6.15. The van der Waals surface area contributed by atoms with E-state index in [-0.39, 0.29) is 48.9 Å². The van der Waals surface area contributed by atoms with Gasteiger partial charge in [-0.1, -0.05) is 6.42 Å². The molecule has 0 aliphatic carbocycles. The second kappa shape index (κ2) is 7.90. The highest BCUT2D eigenvalue weighted by Gasteiger charge is 2.42. The number of nitrogens with one attached hydrogen (secondary N) is 3. The van der Waals surface area contributed by atoms with Gasteiger partial charge in [0.15, 0.2) is 0 Å². The van der Waals surface area contributed by atoms with Crippen molar-refractivity contribution < 1.29 is 19.2 Å². The van der Waals surface area contributed by atoms with Gasteiger partial charge in [0, 0.05) is 42.7 Å². The zero-order valence-electron chi connectivity index (χ0n) is 13.8. The van der Waals surface area contributed by atoms with Crippen LogP contribution in [0.5, 0.6) is 0 Å². The highest BCUT2D eigenvalue weighted by Crippen LogP contribution is 2.33. The van der Waals surface area contributed by atoms with Crippen LogP contribution in [0.25, 0.3) is 0 Å². The van der Waals surface area contributed by atoms with Crippen molar-refractivity contribution in [1.82, 2.24) is 20.9 Å². The molecule has 0 aromatic carbocycles. The summed E-state index contributed by atoms with van der Waals surface area (Å²) in [7, 11) is 0. The first kappa shape index (κ1) is 17.8. The fraction of sp³-hybridized carbons (Fsp3) is 0.625. The smallest absolute Gasteiger partial charge is 0.315 e. The highest BCUT2D eigenvalue weighted by atomic mass is 32.2. The number of rotatable bonds is 8. The van der Waals surface area contributed by atoms with Gasteiger partial charge in [0.05, 0.1) is 12.1 Å². The van der Waals surface area contributed by atoms with Crippen LogP contribution >= 0.6 is 11.8 Å². The molecule has 0 aromatic heterocycles. The van der Waals surface area contributed by atoms with E-state index in [1.807, 2.05) is 11.8 Å². The highest BCUT2D eigenvalue weighted by molar-refractivity contribution is 8.00. The topological polar surface area (TPSA) is 108 Å². The summed E-state index contributed by atoms with van der Waals surface area (Å²) < 4.78 is 0. The van der Waals surface area contributed by atoms with E-state index < -0.39 is 0 Å². The maximum absolute atomic E-state index is 11.8. The van der Waals surface area contributed by atoms with Gasteiger partial charge in [0.1, 0.15) is 0 Å². The molecule has 3 N–H and O–H groups in total. The quantitative estimate of drug-likeness (QED) is 0.312. The van der Waals surface area contributed by atoms with Crippen molar-refractivity contribution in [3.8, 4) is 0 Å². The first-order valence-corrected chi connectivity index (χ1v) is 9.58. The molecule has 136 valence electrons. The van der Waals surface area contributed by atoms with Crippen molar-refractivity contribution in [1.29, 1.82) is 0 Å². The van der Waals surface area contributed by atoms with Gasteiger partial charge in [0.25, 0.3) is 11.8 Å². The minimum Gasteiger partial charge on any atom is -0.354 e. The number of imide groups is 1. The minimum atomic E-state index is -0.333. The van der Waals surface area contributed by atoms with Gasteiger partial charge in [0.2, 0.25) is 5.91 Å². The molecular weight excluding hydrogens is 344 g/mol. The van der Waals surface area contributed by atoms with Crippen LogP contribution in [0, 0.1) is 0 Å². The summed E-state index contributed by atoms with van der Waals surface area (Å²) in [5, 5.41) is 9.02. The molecule has 2 fully saturated rings. The van der Waals surface area contributed by atoms with Crippen molar-refractivity contribution in [2.24, 2.45) is 0 Å². The summed E-state index contributed by atoms with van der Waals surface area (Å²) in [6.45, 7) is 0.475. The molecule has 3 heterocycles. The predicted molar refractivity (Wildman–Crippen MR) is 92.8 cm³/mol. The molecule has 3 atom stereocenters. The summed E-state index contributed by atoms with van der Waals surface area (Å²) in [6.07, 6.45) is 5.58. The Morgan fingerprint density at radius 3 is 2.72 bits per heavy atom. The third kappa shape index (κ3) is 4.33. The van der Waals surface area contributed by atoms with Crippen LogP contribution in [-0.4, -0.2) is 64.8 Å². The molecule has 3 aliphatic rings. The largest absolute Gasteiger partial charge is 0.354 e. The summed E-state index contributed by atoms with van der Waals surface area (Å²) in [5.41, 5.74) is 0. The van der Waals surface area contributed by atoms with E-state index >= 15 is 0 Å². The Morgan fingerprint density at radius 1 is 1.20 bits per heavy atom. The first-order valence-electron chi connectivity index (χ1n) is 8.53. The zero-order chi connectivity index (χ0) is 17.8. The second-order valence-electron chi connectivity index (χ2n) is 6.38. The lowest BCUT2D eigenvalue weighted by molar-refractivity contribution is -0.137. The molecule has 0 saturated carbocycles. The standard InChI is InChI=1S/C16H22N4O4S/c21-12(17-7-8-20-13(22)5-6-14(20)23)4-2-1-3-11-15-10(9-25-11)18-16(24)19-15/h5-6,10-11,15H,1-4,7-9H2,(H,17,21)(H2,18,19,24)/t10-,11-,15+/m0/s1. The van der Waals surface area contributed by atoms with Crippen molar-refractivity contribution in [3.63, 3.8) is 0 Å². The molecule has 0 spiro atoms. The van der Waals surface area contributed by atoms with Crippen molar-refractivity contribution in [2.75, 3.05) is 18.8 Å². The number of thioether (sulfide) groups is 1. The number of fused-ring (bicyclic) bond motifs is 1. The molecular formula is C16H22N4O4S. The Hall–Kier alpha value is -2.03. The van der Waals surface area contributed by atoms with Crippen LogP contribution in [0.4, 0.5) is 4.79 Å². The number of hydrogen-bond acceptors (Lipinski definition) is 5. The lowest BCUT2D eigenvalue weighted by Crippen LogP contribution is -2.38. The van der Waals surface area contributed by atoms with Gasteiger partial charge in [-0.2, -0.15) is 11.8 Å². The second-order valence-corrected chi connectivity index (χ2v) is 7.65. The number of amides is 5. The van der Waals surface area contributed by atoms with Crippen molar-refractivity contribution >= 4 is 35.5 Å². The molecule has 3 rings (SSSR count). The van der Waals surface area contributed by atoms with E-state index in [1.54, 1.807) is 0 Å². The van der Waals surface area contributed by atoms with E-state index in [4.69, 9.17) is 0 Å². The fourth-order valence-corrected chi connectivity index (χ4v) is 4.86. The first-order chi connectivity index (χ1) is 12.0. The van der Waals surface area contributed by atoms with Gasteiger partial charge in [-0.15, -0.1) is 0 Å². The summed E-state index contributed by atoms with van der Waals surface area (Å²) in [5.74, 6) is 0.206. The average Bonchev–Trinajstić information content (AvgIpc) is 3.21. The molecule has 3 aliphatic heterocycles. The molecule has 0 bridgehead atoms. The van der Waals surface area contributed by atoms with Crippen molar-refractivity contribution in [2.45, 2.75) is 43.0 Å². The molecule has 25 heavy (non-hydrogen) atoms. The SMILES string of the molecule is O=C(CCCC[C@@H]1SC[C@@H]2NC(=O)N[C@H]21)NCCN1C(=O)C=CC1=O. The van der Waals surface area contributed by atoms with Crippen LogP contribution < -0.4 is 16.0 Å². The molecule has 5 amide bonds. The maximum Gasteiger partial charge on any atom is 0.315 e. The summed E-state index contributed by atoms with van der Waals surface area (Å²) in [6, 6.07) is 0.358. The molecule has 0 unspecified atom stereocenters. The van der Waals surface area contributed by atoms with Gasteiger partial charge >= 0.3 is 6.03 Å². The molecule has 0 aromatic rings.